The number of aromatic nitrogens is 1. The van der Waals surface area contributed by atoms with Crippen LogP contribution in [0.1, 0.15) is 5.56 Å². The van der Waals surface area contributed by atoms with Crippen LogP contribution < -0.4 is 0 Å². The molecular weight excluding hydrogens is 234 g/mol. The molecule has 2 aromatic rings. The number of carbonyl (C=O) groups is 1. The van der Waals surface area contributed by atoms with E-state index in [0.717, 1.165) is 16.5 Å². The molecule has 0 atom stereocenters. The van der Waals surface area contributed by atoms with Gasteiger partial charge in [0.05, 0.1) is 11.4 Å². The quantitative estimate of drug-likeness (QED) is 0.776. The number of ketones is 1. The van der Waals surface area contributed by atoms with Crippen molar-refractivity contribution >= 4 is 22.8 Å². The maximum absolute atomic E-state index is 11.9. The fourth-order valence-electron chi connectivity index (χ4n) is 2.09. The number of hydrogen-bond acceptors (Lipinski definition) is 2. The summed E-state index contributed by atoms with van der Waals surface area (Å²) in [5.41, 5.74) is 1.91. The van der Waals surface area contributed by atoms with Crippen molar-refractivity contribution < 1.29 is 4.79 Å². The van der Waals surface area contributed by atoms with E-state index in [1.807, 2.05) is 60.7 Å². The lowest BCUT2D eigenvalue weighted by Crippen LogP contribution is -2.03. The first-order chi connectivity index (χ1) is 9.33. The van der Waals surface area contributed by atoms with Crippen molar-refractivity contribution in [2.75, 3.05) is 0 Å². The lowest BCUT2D eigenvalue weighted by atomic mass is 10.1. The Kier molecular flexibility index (Phi) is 3.07. The largest absolute Gasteiger partial charge is 0.294 e. The summed E-state index contributed by atoms with van der Waals surface area (Å²) in [5, 5.41) is 1.08. The van der Waals surface area contributed by atoms with Crippen LogP contribution in [0.15, 0.2) is 66.9 Å². The molecule has 0 N–H and O–H groups in total. The summed E-state index contributed by atoms with van der Waals surface area (Å²) in [6.45, 7) is 0. The van der Waals surface area contributed by atoms with Crippen molar-refractivity contribution in [2.45, 2.75) is 0 Å². The summed E-state index contributed by atoms with van der Waals surface area (Å²) in [4.78, 5) is 16.2. The third kappa shape index (κ3) is 2.52. The van der Waals surface area contributed by atoms with Gasteiger partial charge < -0.3 is 0 Å². The van der Waals surface area contributed by atoms with E-state index in [0.29, 0.717) is 0 Å². The number of carbonyl (C=O) groups excluding carboxylic acids is 1. The van der Waals surface area contributed by atoms with Crippen LogP contribution in [0.5, 0.6) is 0 Å². The highest BCUT2D eigenvalue weighted by atomic mass is 16.1. The molecule has 0 spiro atoms. The van der Waals surface area contributed by atoms with Crippen LogP contribution >= 0.6 is 0 Å². The van der Waals surface area contributed by atoms with Gasteiger partial charge in [0.25, 0.3) is 0 Å². The molecule has 1 heterocycles. The van der Waals surface area contributed by atoms with Gasteiger partial charge in [0.1, 0.15) is 0 Å². The van der Waals surface area contributed by atoms with Crippen molar-refractivity contribution in [1.82, 2.24) is 4.98 Å². The molecule has 0 radical (unpaired) electrons. The molecule has 0 amide bonds. The number of nitrogens with zero attached hydrogens (tertiary/aromatic N) is 1. The minimum absolute atomic E-state index is 0.0955. The van der Waals surface area contributed by atoms with Gasteiger partial charge in [0.15, 0.2) is 5.78 Å². The second-order valence-corrected chi connectivity index (χ2v) is 4.49. The molecule has 2 heteroatoms. The SMILES string of the molecule is O=C(/C=C/c1cnc2ccccc2c1)C1C=CC=C1. The predicted octanol–water partition coefficient (Wildman–Crippen LogP) is 3.56. The summed E-state index contributed by atoms with van der Waals surface area (Å²) in [6.07, 6.45) is 12.8. The first-order valence-electron chi connectivity index (χ1n) is 6.25. The third-order valence-corrected chi connectivity index (χ3v) is 3.13. The minimum atomic E-state index is -0.107. The highest BCUT2D eigenvalue weighted by Crippen LogP contribution is 2.15. The Morgan fingerprint density at radius 1 is 1.16 bits per heavy atom. The second kappa shape index (κ2) is 5.02. The molecular formula is C17H13NO. The number of pyridine rings is 1. The molecule has 1 aromatic carbocycles. The Bertz CT molecular complexity index is 698. The molecule has 2 nitrogen and oxygen atoms in total. The van der Waals surface area contributed by atoms with Crippen molar-refractivity contribution in [3.63, 3.8) is 0 Å². The van der Waals surface area contributed by atoms with E-state index < -0.39 is 0 Å². The van der Waals surface area contributed by atoms with Crippen LogP contribution in [0, 0.1) is 5.92 Å². The Balaban J connectivity index is 1.82. The molecule has 3 rings (SSSR count). The van der Waals surface area contributed by atoms with Crippen LogP contribution in [0.2, 0.25) is 0 Å². The number of benzene rings is 1. The highest BCUT2D eigenvalue weighted by Gasteiger charge is 2.10. The first kappa shape index (κ1) is 11.6. The lowest BCUT2D eigenvalue weighted by molar-refractivity contribution is -0.115. The monoisotopic (exact) mass is 247 g/mol. The van der Waals surface area contributed by atoms with Gasteiger partial charge in [-0.25, -0.2) is 0 Å². The number of para-hydroxylation sites is 1. The Morgan fingerprint density at radius 3 is 2.79 bits per heavy atom. The fraction of sp³-hybridized carbons (Fsp3) is 0.0588. The summed E-state index contributed by atoms with van der Waals surface area (Å²) < 4.78 is 0. The van der Waals surface area contributed by atoms with E-state index in [1.165, 1.54) is 0 Å². The Labute approximate surface area is 111 Å². The molecule has 0 aliphatic heterocycles. The van der Waals surface area contributed by atoms with Crippen LogP contribution in [-0.4, -0.2) is 10.8 Å². The average molecular weight is 247 g/mol. The van der Waals surface area contributed by atoms with E-state index >= 15 is 0 Å². The van der Waals surface area contributed by atoms with E-state index in [4.69, 9.17) is 0 Å². The fourth-order valence-corrected chi connectivity index (χ4v) is 2.09. The van der Waals surface area contributed by atoms with Gasteiger partial charge in [0, 0.05) is 11.6 Å². The molecule has 0 unspecified atom stereocenters. The number of allylic oxidation sites excluding steroid dienone is 5. The smallest absolute Gasteiger partial charge is 0.166 e. The molecule has 1 aliphatic carbocycles. The normalized spacial score (nSPS) is 14.7. The van der Waals surface area contributed by atoms with Crippen LogP contribution in [0.25, 0.3) is 17.0 Å². The molecule has 1 aromatic heterocycles. The zero-order valence-corrected chi connectivity index (χ0v) is 10.4. The molecule has 19 heavy (non-hydrogen) atoms. The first-order valence-corrected chi connectivity index (χ1v) is 6.25. The lowest BCUT2D eigenvalue weighted by Gasteiger charge is -2.00. The Morgan fingerprint density at radius 2 is 1.95 bits per heavy atom. The van der Waals surface area contributed by atoms with E-state index in [-0.39, 0.29) is 11.7 Å². The molecule has 0 fully saturated rings. The number of rotatable bonds is 3. The van der Waals surface area contributed by atoms with Crippen LogP contribution in [0.4, 0.5) is 0 Å². The molecule has 0 saturated heterocycles. The zero-order valence-electron chi connectivity index (χ0n) is 10.4. The number of fused-ring (bicyclic) bond motifs is 1. The molecule has 92 valence electrons. The summed E-state index contributed by atoms with van der Waals surface area (Å²) in [6, 6.07) is 9.97. The van der Waals surface area contributed by atoms with Gasteiger partial charge in [-0.15, -0.1) is 0 Å². The van der Waals surface area contributed by atoms with Crippen molar-refractivity contribution in [3.8, 4) is 0 Å². The average Bonchev–Trinajstić information content (AvgIpc) is 2.99. The molecule has 1 aliphatic rings. The van der Waals surface area contributed by atoms with Gasteiger partial charge in [0.2, 0.25) is 0 Å². The zero-order chi connectivity index (χ0) is 13.1. The van der Waals surface area contributed by atoms with Crippen molar-refractivity contribution in [2.24, 2.45) is 5.92 Å². The summed E-state index contributed by atoms with van der Waals surface area (Å²) >= 11 is 0. The highest BCUT2D eigenvalue weighted by molar-refractivity contribution is 5.98. The molecule has 0 bridgehead atoms. The van der Waals surface area contributed by atoms with Gasteiger partial charge in [-0.3, -0.25) is 9.78 Å². The van der Waals surface area contributed by atoms with E-state index in [9.17, 15) is 4.79 Å². The third-order valence-electron chi connectivity index (χ3n) is 3.13. The predicted molar refractivity (Wildman–Crippen MR) is 77.6 cm³/mol. The standard InChI is InChI=1S/C17H13NO/c19-17(14-5-1-2-6-14)10-9-13-11-15-7-3-4-8-16(15)18-12-13/h1-12,14H/b10-9+. The maximum atomic E-state index is 11.9. The minimum Gasteiger partial charge on any atom is -0.294 e. The summed E-state index contributed by atoms with van der Waals surface area (Å²) in [7, 11) is 0. The van der Waals surface area contributed by atoms with Crippen LogP contribution in [0.3, 0.4) is 0 Å². The maximum Gasteiger partial charge on any atom is 0.166 e. The van der Waals surface area contributed by atoms with E-state index in [2.05, 4.69) is 4.98 Å². The van der Waals surface area contributed by atoms with Gasteiger partial charge in [-0.1, -0.05) is 42.5 Å². The van der Waals surface area contributed by atoms with Gasteiger partial charge in [-0.2, -0.15) is 0 Å². The topological polar surface area (TPSA) is 30.0 Å². The van der Waals surface area contributed by atoms with Gasteiger partial charge >= 0.3 is 0 Å². The molecule has 0 saturated carbocycles. The van der Waals surface area contributed by atoms with Crippen molar-refractivity contribution in [1.29, 1.82) is 0 Å². The van der Waals surface area contributed by atoms with E-state index in [1.54, 1.807) is 12.3 Å². The summed E-state index contributed by atoms with van der Waals surface area (Å²) in [5.74, 6) is -0.0113. The van der Waals surface area contributed by atoms with Gasteiger partial charge in [-0.05, 0) is 29.8 Å². The van der Waals surface area contributed by atoms with Crippen LogP contribution in [-0.2, 0) is 4.79 Å². The Hall–Kier alpha value is -2.48. The van der Waals surface area contributed by atoms with Crippen molar-refractivity contribution in [3.05, 3.63) is 72.5 Å². The number of hydrogen-bond donors (Lipinski definition) is 0. The second-order valence-electron chi connectivity index (χ2n) is 4.49.